The first-order valence-corrected chi connectivity index (χ1v) is 10.2. The molecule has 0 heterocycles. The summed E-state index contributed by atoms with van der Waals surface area (Å²) in [7, 11) is 0. The van der Waals surface area contributed by atoms with Crippen LogP contribution in [-0.4, -0.2) is 36.2 Å². The Balaban J connectivity index is 2.07. The van der Waals surface area contributed by atoms with Gasteiger partial charge in [-0.25, -0.2) is 4.79 Å². The number of anilines is 1. The number of alkyl carbamates (subject to hydrolysis) is 1. The maximum absolute atomic E-state index is 12.9. The van der Waals surface area contributed by atoms with Crippen molar-refractivity contribution in [1.29, 1.82) is 0 Å². The van der Waals surface area contributed by atoms with Gasteiger partial charge in [-0.15, -0.1) is 0 Å². The van der Waals surface area contributed by atoms with Crippen molar-refractivity contribution in [1.82, 2.24) is 5.32 Å². The molecule has 0 aliphatic rings. The summed E-state index contributed by atoms with van der Waals surface area (Å²) in [6.45, 7) is 7.37. The van der Waals surface area contributed by atoms with Gasteiger partial charge in [-0.05, 0) is 51.0 Å². The molecular formula is C24H30N2O5. The molecule has 2 amide bonds. The summed E-state index contributed by atoms with van der Waals surface area (Å²) in [6.07, 6.45) is -0.181. The first-order chi connectivity index (χ1) is 14.7. The van der Waals surface area contributed by atoms with Crippen molar-refractivity contribution in [2.45, 2.75) is 52.2 Å². The molecule has 0 aliphatic carbocycles. The Bertz CT molecular complexity index is 873. The van der Waals surface area contributed by atoms with Crippen LogP contribution < -0.4 is 10.6 Å². The first kappa shape index (κ1) is 23.9. The van der Waals surface area contributed by atoms with Crippen LogP contribution in [0.3, 0.4) is 0 Å². The van der Waals surface area contributed by atoms with Gasteiger partial charge in [-0.3, -0.25) is 9.59 Å². The van der Waals surface area contributed by atoms with Gasteiger partial charge >= 0.3 is 12.1 Å². The zero-order chi connectivity index (χ0) is 22.9. The Morgan fingerprint density at radius 1 is 0.935 bits per heavy atom. The molecule has 0 saturated carbocycles. The van der Waals surface area contributed by atoms with Crippen molar-refractivity contribution in [2.75, 3.05) is 11.9 Å². The van der Waals surface area contributed by atoms with Crippen LogP contribution in [-0.2, 0) is 31.9 Å². The molecular weight excluding hydrogens is 396 g/mol. The number of carbonyl (C=O) groups excluding carboxylic acids is 3. The standard InChI is InChI=1S/C24H30N2O5/c1-5-30-21(27)16-18-11-13-19(14-12-18)25-22(28)20(15-17-9-7-6-8-10-17)26-23(29)31-24(2,3)4/h6-14,20H,5,15-16H2,1-4H3,(H,25,28)(H,26,29). The number of benzene rings is 2. The van der Waals surface area contributed by atoms with E-state index >= 15 is 0 Å². The topological polar surface area (TPSA) is 93.7 Å². The number of hydrogen-bond donors (Lipinski definition) is 2. The van der Waals surface area contributed by atoms with Crippen LogP contribution in [0.25, 0.3) is 0 Å². The van der Waals surface area contributed by atoms with Gasteiger partial charge in [-0.1, -0.05) is 42.5 Å². The van der Waals surface area contributed by atoms with Crippen molar-refractivity contribution in [3.05, 3.63) is 65.7 Å². The second-order valence-corrected chi connectivity index (χ2v) is 8.06. The highest BCUT2D eigenvalue weighted by Gasteiger charge is 2.25. The Labute approximate surface area is 183 Å². The lowest BCUT2D eigenvalue weighted by atomic mass is 10.1. The summed E-state index contributed by atoms with van der Waals surface area (Å²) in [5.74, 6) is -0.670. The van der Waals surface area contributed by atoms with Crippen molar-refractivity contribution >= 4 is 23.7 Å². The van der Waals surface area contributed by atoms with E-state index in [0.717, 1.165) is 11.1 Å². The second-order valence-electron chi connectivity index (χ2n) is 8.06. The number of hydrogen-bond acceptors (Lipinski definition) is 5. The summed E-state index contributed by atoms with van der Waals surface area (Å²) in [5, 5.41) is 5.47. The average Bonchev–Trinajstić information content (AvgIpc) is 2.68. The average molecular weight is 427 g/mol. The molecule has 0 saturated heterocycles. The second kappa shape index (κ2) is 11.2. The number of ether oxygens (including phenoxy) is 2. The van der Waals surface area contributed by atoms with Crippen LogP contribution in [0.15, 0.2) is 54.6 Å². The molecule has 2 aromatic carbocycles. The third-order valence-corrected chi connectivity index (χ3v) is 4.17. The van der Waals surface area contributed by atoms with Crippen LogP contribution in [0.4, 0.5) is 10.5 Å². The highest BCUT2D eigenvalue weighted by molar-refractivity contribution is 5.96. The molecule has 166 valence electrons. The summed E-state index contributed by atoms with van der Waals surface area (Å²) >= 11 is 0. The van der Waals surface area contributed by atoms with Crippen molar-refractivity contribution in [3.8, 4) is 0 Å². The first-order valence-electron chi connectivity index (χ1n) is 10.2. The maximum Gasteiger partial charge on any atom is 0.408 e. The SMILES string of the molecule is CCOC(=O)Cc1ccc(NC(=O)C(Cc2ccccc2)NC(=O)OC(C)(C)C)cc1. The third kappa shape index (κ3) is 8.90. The zero-order valence-corrected chi connectivity index (χ0v) is 18.4. The Morgan fingerprint density at radius 3 is 2.16 bits per heavy atom. The molecule has 7 nitrogen and oxygen atoms in total. The number of rotatable bonds is 8. The molecule has 2 aromatic rings. The fourth-order valence-electron chi connectivity index (χ4n) is 2.82. The number of nitrogens with one attached hydrogen (secondary N) is 2. The van der Waals surface area contributed by atoms with E-state index in [9.17, 15) is 14.4 Å². The van der Waals surface area contributed by atoms with Gasteiger partial charge in [0.25, 0.3) is 0 Å². The fraction of sp³-hybridized carbons (Fsp3) is 0.375. The predicted octanol–water partition coefficient (Wildman–Crippen LogP) is 3.87. The number of amides is 2. The summed E-state index contributed by atoms with van der Waals surface area (Å²) in [4.78, 5) is 36.8. The summed E-state index contributed by atoms with van der Waals surface area (Å²) in [5.41, 5.74) is 1.57. The van der Waals surface area contributed by atoms with Crippen LogP contribution >= 0.6 is 0 Å². The number of esters is 1. The lowest BCUT2D eigenvalue weighted by Crippen LogP contribution is -2.47. The molecule has 2 N–H and O–H groups in total. The van der Waals surface area contributed by atoms with E-state index in [1.807, 2.05) is 30.3 Å². The van der Waals surface area contributed by atoms with Crippen LogP contribution in [0.2, 0.25) is 0 Å². The molecule has 31 heavy (non-hydrogen) atoms. The Morgan fingerprint density at radius 2 is 1.58 bits per heavy atom. The molecule has 7 heteroatoms. The highest BCUT2D eigenvalue weighted by Crippen LogP contribution is 2.13. The van der Waals surface area contributed by atoms with Crippen molar-refractivity contribution < 1.29 is 23.9 Å². The van der Waals surface area contributed by atoms with Crippen molar-refractivity contribution in [2.24, 2.45) is 0 Å². The lowest BCUT2D eigenvalue weighted by molar-refractivity contribution is -0.142. The van der Waals surface area contributed by atoms with Crippen molar-refractivity contribution in [3.63, 3.8) is 0 Å². The van der Waals surface area contributed by atoms with Gasteiger partial charge in [0.05, 0.1) is 13.0 Å². The summed E-state index contributed by atoms with van der Waals surface area (Å²) < 4.78 is 10.2. The minimum absolute atomic E-state index is 0.166. The van der Waals surface area contributed by atoms with E-state index in [1.54, 1.807) is 52.0 Å². The van der Waals surface area contributed by atoms with Gasteiger partial charge in [0.1, 0.15) is 11.6 Å². The molecule has 0 spiro atoms. The van der Waals surface area contributed by atoms with E-state index in [1.165, 1.54) is 0 Å². The van der Waals surface area contributed by atoms with E-state index in [-0.39, 0.29) is 18.3 Å². The van der Waals surface area contributed by atoms with Gasteiger partial charge in [0.2, 0.25) is 5.91 Å². The Hall–Kier alpha value is -3.35. The summed E-state index contributed by atoms with van der Waals surface area (Å²) in [6, 6.07) is 15.5. The zero-order valence-electron chi connectivity index (χ0n) is 18.4. The third-order valence-electron chi connectivity index (χ3n) is 4.17. The Kier molecular flexibility index (Phi) is 8.61. The molecule has 0 fully saturated rings. The van der Waals surface area contributed by atoms with Gasteiger partial charge in [-0.2, -0.15) is 0 Å². The highest BCUT2D eigenvalue weighted by atomic mass is 16.6. The van der Waals surface area contributed by atoms with E-state index in [2.05, 4.69) is 10.6 Å². The van der Waals surface area contributed by atoms with Gasteiger partial charge in [0.15, 0.2) is 0 Å². The maximum atomic E-state index is 12.9. The molecule has 0 aliphatic heterocycles. The van der Waals surface area contributed by atoms with Crippen LogP contribution in [0.1, 0.15) is 38.8 Å². The van der Waals surface area contributed by atoms with E-state index in [0.29, 0.717) is 18.7 Å². The fourth-order valence-corrected chi connectivity index (χ4v) is 2.82. The monoisotopic (exact) mass is 426 g/mol. The minimum Gasteiger partial charge on any atom is -0.466 e. The van der Waals surface area contributed by atoms with Crippen LogP contribution in [0.5, 0.6) is 0 Å². The van der Waals surface area contributed by atoms with E-state index in [4.69, 9.17) is 9.47 Å². The molecule has 0 bridgehead atoms. The number of carbonyl (C=O) groups is 3. The van der Waals surface area contributed by atoms with E-state index < -0.39 is 17.7 Å². The molecule has 0 radical (unpaired) electrons. The van der Waals surface area contributed by atoms with Crippen LogP contribution in [0, 0.1) is 0 Å². The molecule has 0 aromatic heterocycles. The quantitative estimate of drug-likeness (QED) is 0.625. The smallest absolute Gasteiger partial charge is 0.408 e. The normalized spacial score (nSPS) is 11.9. The molecule has 1 unspecified atom stereocenters. The van der Waals surface area contributed by atoms with Gasteiger partial charge in [0, 0.05) is 12.1 Å². The molecule has 2 rings (SSSR count). The largest absolute Gasteiger partial charge is 0.466 e. The predicted molar refractivity (Wildman–Crippen MR) is 119 cm³/mol. The minimum atomic E-state index is -0.823. The van der Waals surface area contributed by atoms with Gasteiger partial charge < -0.3 is 20.1 Å². The molecule has 1 atom stereocenters. The lowest BCUT2D eigenvalue weighted by Gasteiger charge is -2.23.